The van der Waals surface area contributed by atoms with E-state index < -0.39 is 29.9 Å². The summed E-state index contributed by atoms with van der Waals surface area (Å²) in [6.45, 7) is 6.57. The zero-order valence-electron chi connectivity index (χ0n) is 16.6. The van der Waals surface area contributed by atoms with Gasteiger partial charge in [-0.25, -0.2) is 4.79 Å². The fourth-order valence-electron chi connectivity index (χ4n) is 2.32. The third kappa shape index (κ3) is 5.51. The molecule has 2 aromatic carbocycles. The number of para-hydroxylation sites is 2. The molecule has 0 aliphatic heterocycles. The number of carbonyl (C=O) groups excluding carboxylic acids is 4. The molecule has 0 bridgehead atoms. The zero-order chi connectivity index (χ0) is 21.6. The Morgan fingerprint density at radius 1 is 0.862 bits per heavy atom. The molecule has 0 aliphatic carbocycles. The quantitative estimate of drug-likeness (QED) is 0.303. The van der Waals surface area contributed by atoms with Crippen molar-refractivity contribution in [3.8, 4) is 11.5 Å². The second-order valence-corrected chi connectivity index (χ2v) is 6.70. The summed E-state index contributed by atoms with van der Waals surface area (Å²) in [6.07, 6.45) is 0.317. The zero-order valence-corrected chi connectivity index (χ0v) is 16.6. The van der Waals surface area contributed by atoms with Crippen LogP contribution in [0.3, 0.4) is 0 Å². The highest BCUT2D eigenvalue weighted by Gasteiger charge is 2.24. The maximum atomic E-state index is 13.2. The number of hydrogen-bond donors (Lipinski definition) is 0. The van der Waals surface area contributed by atoms with Gasteiger partial charge in [-0.1, -0.05) is 32.0 Å². The molecule has 0 spiro atoms. The van der Waals surface area contributed by atoms with E-state index in [2.05, 4.69) is 0 Å². The van der Waals surface area contributed by atoms with Gasteiger partial charge in [-0.05, 0) is 38.1 Å². The summed E-state index contributed by atoms with van der Waals surface area (Å²) in [5, 5.41) is 0. The van der Waals surface area contributed by atoms with Gasteiger partial charge in [0.25, 0.3) is 0 Å². The van der Waals surface area contributed by atoms with Gasteiger partial charge >= 0.3 is 12.1 Å². The van der Waals surface area contributed by atoms with Crippen LogP contribution >= 0.6 is 0 Å². The molecule has 1 radical (unpaired) electrons. The number of esters is 1. The van der Waals surface area contributed by atoms with Crippen LogP contribution in [0.15, 0.2) is 42.5 Å². The molecule has 0 fully saturated rings. The Hall–Kier alpha value is -3.48. The van der Waals surface area contributed by atoms with E-state index in [4.69, 9.17) is 14.2 Å². The summed E-state index contributed by atoms with van der Waals surface area (Å²) < 4.78 is 15.4. The second kappa shape index (κ2) is 9.64. The Labute approximate surface area is 168 Å². The van der Waals surface area contributed by atoms with Gasteiger partial charge in [0, 0.05) is 0 Å². The lowest BCUT2D eigenvalue weighted by atomic mass is 9.99. The van der Waals surface area contributed by atoms with Gasteiger partial charge in [0.2, 0.25) is 12.1 Å². The first kappa shape index (κ1) is 21.8. The first-order valence-electron chi connectivity index (χ1n) is 8.99. The van der Waals surface area contributed by atoms with Gasteiger partial charge < -0.3 is 14.2 Å². The van der Waals surface area contributed by atoms with E-state index in [0.717, 1.165) is 0 Å². The first-order chi connectivity index (χ1) is 13.7. The van der Waals surface area contributed by atoms with Crippen molar-refractivity contribution in [2.24, 2.45) is 5.92 Å². The van der Waals surface area contributed by atoms with Gasteiger partial charge in [0.05, 0.1) is 28.7 Å². The van der Waals surface area contributed by atoms with E-state index in [1.165, 1.54) is 30.3 Å². The summed E-state index contributed by atoms with van der Waals surface area (Å²) >= 11 is 0. The van der Waals surface area contributed by atoms with Crippen molar-refractivity contribution in [1.29, 1.82) is 0 Å². The smallest absolute Gasteiger partial charge is 0.431 e. The minimum Gasteiger partial charge on any atom is -0.431 e. The van der Waals surface area contributed by atoms with E-state index in [0.29, 0.717) is 0 Å². The Bertz CT molecular complexity index is 929. The monoisotopic (exact) mass is 397 g/mol. The van der Waals surface area contributed by atoms with Gasteiger partial charge in [-0.3, -0.25) is 14.4 Å². The number of ether oxygens (including phenoxy) is 3. The molecule has 0 aliphatic rings. The van der Waals surface area contributed by atoms with Crippen LogP contribution in [-0.4, -0.2) is 30.3 Å². The molecular formula is C22H21O7. The lowest BCUT2D eigenvalue weighted by molar-refractivity contribution is -0.137. The lowest BCUT2D eigenvalue weighted by Crippen LogP contribution is -2.19. The third-order valence-corrected chi connectivity index (χ3v) is 3.70. The predicted molar refractivity (Wildman–Crippen MR) is 104 cm³/mol. The minimum absolute atomic E-state index is 0.0234. The summed E-state index contributed by atoms with van der Waals surface area (Å²) in [5.74, 6) is -1.89. The maximum Gasteiger partial charge on any atom is 0.514 e. The van der Waals surface area contributed by atoms with Crippen molar-refractivity contribution in [3.63, 3.8) is 0 Å². The summed E-state index contributed by atoms with van der Waals surface area (Å²) in [5.41, 5.74) is -0.0614. The van der Waals surface area contributed by atoms with Crippen molar-refractivity contribution in [2.75, 3.05) is 0 Å². The SMILES string of the molecule is CC(C)OC(=O)Oc1ccccc1C(=O)c1cccc([C]=O)c1OC(=O)C(C)C. The summed E-state index contributed by atoms with van der Waals surface area (Å²) in [7, 11) is 0. The molecule has 7 heteroatoms. The van der Waals surface area contributed by atoms with Gasteiger partial charge in [-0.2, -0.15) is 0 Å². The summed E-state index contributed by atoms with van der Waals surface area (Å²) in [6, 6.07) is 10.3. The van der Waals surface area contributed by atoms with E-state index >= 15 is 0 Å². The Kier molecular flexibility index (Phi) is 7.25. The molecule has 29 heavy (non-hydrogen) atoms. The van der Waals surface area contributed by atoms with Crippen LogP contribution in [-0.2, 0) is 14.3 Å². The molecule has 7 nitrogen and oxygen atoms in total. The Morgan fingerprint density at radius 3 is 2.14 bits per heavy atom. The van der Waals surface area contributed by atoms with Crippen LogP contribution in [0.4, 0.5) is 4.79 Å². The standard InChI is InChI=1S/C22H21O7/c1-13(2)21(25)29-20-15(12-23)8-7-10-17(20)19(24)16-9-5-6-11-18(16)28-22(26)27-14(3)4/h5-11,13-14H,1-4H3. The van der Waals surface area contributed by atoms with Crippen LogP contribution in [0.2, 0.25) is 0 Å². The Morgan fingerprint density at radius 2 is 1.52 bits per heavy atom. The molecule has 0 heterocycles. The third-order valence-electron chi connectivity index (χ3n) is 3.70. The first-order valence-corrected chi connectivity index (χ1v) is 8.99. The molecule has 2 aromatic rings. The predicted octanol–water partition coefficient (Wildman–Crippen LogP) is 3.86. The molecule has 151 valence electrons. The minimum atomic E-state index is -0.957. The Balaban J connectivity index is 2.47. The van der Waals surface area contributed by atoms with Crippen molar-refractivity contribution >= 4 is 24.2 Å². The lowest BCUT2D eigenvalue weighted by Gasteiger charge is -2.14. The molecule has 0 aromatic heterocycles. The molecule has 0 atom stereocenters. The van der Waals surface area contributed by atoms with Gasteiger partial charge in [0.15, 0.2) is 5.75 Å². The maximum absolute atomic E-state index is 13.2. The highest BCUT2D eigenvalue weighted by Crippen LogP contribution is 2.29. The second-order valence-electron chi connectivity index (χ2n) is 6.70. The van der Waals surface area contributed by atoms with Crippen molar-refractivity contribution in [1.82, 2.24) is 0 Å². The van der Waals surface area contributed by atoms with E-state index in [-0.39, 0.29) is 28.2 Å². The van der Waals surface area contributed by atoms with Gasteiger partial charge in [0.1, 0.15) is 5.75 Å². The van der Waals surface area contributed by atoms with Crippen molar-refractivity contribution in [3.05, 3.63) is 59.2 Å². The van der Waals surface area contributed by atoms with Crippen LogP contribution in [0.5, 0.6) is 11.5 Å². The molecule has 0 N–H and O–H groups in total. The average molecular weight is 397 g/mol. The topological polar surface area (TPSA) is 96.0 Å². The molecule has 0 saturated heterocycles. The average Bonchev–Trinajstić information content (AvgIpc) is 2.67. The fraction of sp³-hybridized carbons (Fsp3) is 0.273. The molecule has 2 rings (SSSR count). The molecule has 0 saturated carbocycles. The number of hydrogen-bond acceptors (Lipinski definition) is 7. The number of carbonyl (C=O) groups is 3. The van der Waals surface area contributed by atoms with Crippen LogP contribution in [0.1, 0.15) is 49.2 Å². The normalized spacial score (nSPS) is 10.6. The highest BCUT2D eigenvalue weighted by molar-refractivity contribution is 6.13. The van der Waals surface area contributed by atoms with Crippen LogP contribution in [0, 0.1) is 5.92 Å². The number of benzene rings is 2. The summed E-state index contributed by atoms with van der Waals surface area (Å²) in [4.78, 5) is 48.4. The van der Waals surface area contributed by atoms with E-state index in [1.807, 2.05) is 0 Å². The van der Waals surface area contributed by atoms with Crippen LogP contribution < -0.4 is 9.47 Å². The molecule has 0 unspecified atom stereocenters. The largest absolute Gasteiger partial charge is 0.514 e. The van der Waals surface area contributed by atoms with E-state index in [9.17, 15) is 19.2 Å². The van der Waals surface area contributed by atoms with Crippen molar-refractivity contribution < 1.29 is 33.4 Å². The number of rotatable bonds is 7. The fourth-order valence-corrected chi connectivity index (χ4v) is 2.32. The van der Waals surface area contributed by atoms with Gasteiger partial charge in [-0.15, -0.1) is 0 Å². The van der Waals surface area contributed by atoms with Crippen LogP contribution in [0.25, 0.3) is 0 Å². The van der Waals surface area contributed by atoms with E-state index in [1.54, 1.807) is 46.1 Å². The molecule has 0 amide bonds. The molecular weight excluding hydrogens is 376 g/mol. The number of ketones is 1. The highest BCUT2D eigenvalue weighted by atomic mass is 16.7. The van der Waals surface area contributed by atoms with Crippen molar-refractivity contribution in [2.45, 2.75) is 33.8 Å².